The quantitative estimate of drug-likeness (QED) is 0.715. The lowest BCUT2D eigenvalue weighted by Gasteiger charge is -2.25. The molecule has 1 aliphatic heterocycles. The van der Waals surface area contributed by atoms with Crippen molar-refractivity contribution in [3.8, 4) is 0 Å². The van der Waals surface area contributed by atoms with Gasteiger partial charge < -0.3 is 4.74 Å². The zero-order chi connectivity index (χ0) is 13.0. The number of carbonyl (C=O) groups is 2. The van der Waals surface area contributed by atoms with Crippen LogP contribution in [0.15, 0.2) is 35.6 Å². The van der Waals surface area contributed by atoms with Crippen LogP contribution in [0.2, 0.25) is 0 Å². The number of hydrogen-bond acceptors (Lipinski definition) is 3. The van der Waals surface area contributed by atoms with E-state index in [2.05, 4.69) is 0 Å². The third kappa shape index (κ3) is 1.38. The Labute approximate surface area is 111 Å². The number of rotatable bonds is 0. The Kier molecular flexibility index (Phi) is 2.19. The van der Waals surface area contributed by atoms with Gasteiger partial charge in [0.05, 0.1) is 5.57 Å². The number of carbonyl (C=O) groups excluding carboxylic acids is 2. The highest BCUT2D eigenvalue weighted by Crippen LogP contribution is 2.45. The van der Waals surface area contributed by atoms with Gasteiger partial charge in [0.2, 0.25) is 5.78 Å². The van der Waals surface area contributed by atoms with Crippen molar-refractivity contribution in [3.63, 3.8) is 0 Å². The predicted octanol–water partition coefficient (Wildman–Crippen LogP) is 2.91. The molecule has 3 heteroatoms. The second-order valence-corrected chi connectivity index (χ2v) is 5.49. The Morgan fingerprint density at radius 3 is 2.42 bits per heavy atom. The van der Waals surface area contributed by atoms with E-state index >= 15 is 0 Å². The van der Waals surface area contributed by atoms with Gasteiger partial charge in [0.25, 0.3) is 0 Å². The van der Waals surface area contributed by atoms with E-state index in [4.69, 9.17) is 4.74 Å². The van der Waals surface area contributed by atoms with Gasteiger partial charge in [0.1, 0.15) is 6.10 Å². The van der Waals surface area contributed by atoms with Crippen molar-refractivity contribution < 1.29 is 14.3 Å². The minimum atomic E-state index is -0.111. The maximum Gasteiger partial charge on any atom is 0.228 e. The fourth-order valence-corrected chi connectivity index (χ4v) is 3.55. The molecule has 1 aromatic carbocycles. The molecule has 1 heterocycles. The standard InChI is InChI=1S/C16H14O3/c17-14-9-5-1-2-6-10(9)15(18)16-13(14)11-7-3-4-8-12(11)19-16/h1-2,5-6,11-12H,3-4,7-8H2. The van der Waals surface area contributed by atoms with Gasteiger partial charge in [0.15, 0.2) is 11.5 Å². The lowest BCUT2D eigenvalue weighted by atomic mass is 9.77. The molecule has 96 valence electrons. The van der Waals surface area contributed by atoms with E-state index in [0.717, 1.165) is 25.7 Å². The fraction of sp³-hybridized carbons (Fsp3) is 0.375. The molecule has 1 aromatic rings. The second kappa shape index (κ2) is 3.80. The van der Waals surface area contributed by atoms with Crippen molar-refractivity contribution >= 4 is 11.6 Å². The van der Waals surface area contributed by atoms with Crippen LogP contribution in [0.1, 0.15) is 46.4 Å². The number of fused-ring (bicyclic) bond motifs is 3. The van der Waals surface area contributed by atoms with Crippen LogP contribution in [0.3, 0.4) is 0 Å². The Balaban J connectivity index is 1.86. The Morgan fingerprint density at radius 1 is 0.947 bits per heavy atom. The average Bonchev–Trinajstić information content (AvgIpc) is 2.84. The zero-order valence-electron chi connectivity index (χ0n) is 10.5. The fourth-order valence-electron chi connectivity index (χ4n) is 3.55. The van der Waals surface area contributed by atoms with Crippen LogP contribution in [0.5, 0.6) is 0 Å². The topological polar surface area (TPSA) is 43.4 Å². The molecule has 0 aromatic heterocycles. The molecule has 3 aliphatic rings. The highest BCUT2D eigenvalue weighted by Gasteiger charge is 2.47. The van der Waals surface area contributed by atoms with Crippen LogP contribution in [-0.2, 0) is 4.74 Å². The molecule has 0 spiro atoms. The minimum absolute atomic E-state index is 0.000370. The second-order valence-electron chi connectivity index (χ2n) is 5.49. The molecule has 2 unspecified atom stereocenters. The van der Waals surface area contributed by atoms with Crippen molar-refractivity contribution in [1.82, 2.24) is 0 Å². The largest absolute Gasteiger partial charge is 0.485 e. The minimum Gasteiger partial charge on any atom is -0.485 e. The first-order chi connectivity index (χ1) is 9.27. The first-order valence-corrected chi connectivity index (χ1v) is 6.86. The molecule has 0 radical (unpaired) electrons. The van der Waals surface area contributed by atoms with Crippen molar-refractivity contribution in [2.24, 2.45) is 5.92 Å². The maximum atomic E-state index is 12.6. The Morgan fingerprint density at radius 2 is 1.63 bits per heavy atom. The molecule has 0 N–H and O–H groups in total. The first kappa shape index (κ1) is 11.0. The van der Waals surface area contributed by atoms with Crippen LogP contribution in [-0.4, -0.2) is 17.7 Å². The van der Waals surface area contributed by atoms with E-state index in [1.807, 2.05) is 6.07 Å². The van der Waals surface area contributed by atoms with Gasteiger partial charge in [-0.15, -0.1) is 0 Å². The molecule has 2 aliphatic carbocycles. The number of Topliss-reactive ketones (excluding diaryl/α,β-unsaturated/α-hetero) is 2. The van der Waals surface area contributed by atoms with Crippen LogP contribution in [0.25, 0.3) is 0 Å². The lowest BCUT2D eigenvalue weighted by Crippen LogP contribution is -2.26. The molecule has 4 rings (SSSR count). The van der Waals surface area contributed by atoms with E-state index in [9.17, 15) is 9.59 Å². The summed E-state index contributed by atoms with van der Waals surface area (Å²) in [5.74, 6) is 0.355. The molecule has 1 saturated carbocycles. The molecule has 0 saturated heterocycles. The van der Waals surface area contributed by atoms with Crippen molar-refractivity contribution in [2.75, 3.05) is 0 Å². The Hall–Kier alpha value is -1.90. The number of allylic oxidation sites excluding steroid dienone is 1. The maximum absolute atomic E-state index is 12.6. The van der Waals surface area contributed by atoms with Crippen LogP contribution < -0.4 is 0 Å². The summed E-state index contributed by atoms with van der Waals surface area (Å²) in [4.78, 5) is 25.1. The van der Waals surface area contributed by atoms with Crippen LogP contribution >= 0.6 is 0 Å². The van der Waals surface area contributed by atoms with Gasteiger partial charge >= 0.3 is 0 Å². The van der Waals surface area contributed by atoms with Gasteiger partial charge in [-0.1, -0.05) is 30.7 Å². The van der Waals surface area contributed by atoms with Gasteiger partial charge in [-0.2, -0.15) is 0 Å². The van der Waals surface area contributed by atoms with Crippen molar-refractivity contribution in [2.45, 2.75) is 31.8 Å². The van der Waals surface area contributed by atoms with Crippen LogP contribution in [0.4, 0.5) is 0 Å². The summed E-state index contributed by atoms with van der Waals surface area (Å²) in [6, 6.07) is 7.06. The molecule has 2 atom stereocenters. The van der Waals surface area contributed by atoms with E-state index in [1.165, 1.54) is 0 Å². The number of ether oxygens (including phenoxy) is 1. The van der Waals surface area contributed by atoms with Gasteiger partial charge in [0, 0.05) is 17.0 Å². The average molecular weight is 254 g/mol. The van der Waals surface area contributed by atoms with E-state index in [-0.39, 0.29) is 23.6 Å². The van der Waals surface area contributed by atoms with E-state index in [1.54, 1.807) is 18.2 Å². The smallest absolute Gasteiger partial charge is 0.228 e. The molecular formula is C16H14O3. The zero-order valence-corrected chi connectivity index (χ0v) is 10.5. The van der Waals surface area contributed by atoms with E-state index in [0.29, 0.717) is 22.5 Å². The summed E-state index contributed by atoms with van der Waals surface area (Å²) >= 11 is 0. The summed E-state index contributed by atoms with van der Waals surface area (Å²) < 4.78 is 5.82. The Bertz CT molecular complexity index is 627. The SMILES string of the molecule is O=C1C2=C(C(=O)c3ccccc31)C1CCCCC1O2. The number of ketones is 2. The number of hydrogen-bond donors (Lipinski definition) is 0. The van der Waals surface area contributed by atoms with Gasteiger partial charge in [-0.25, -0.2) is 0 Å². The third-order valence-electron chi connectivity index (χ3n) is 4.45. The van der Waals surface area contributed by atoms with Gasteiger partial charge in [-0.05, 0) is 19.3 Å². The summed E-state index contributed by atoms with van der Waals surface area (Å²) in [6.07, 6.45) is 4.20. The summed E-state index contributed by atoms with van der Waals surface area (Å²) in [6.45, 7) is 0. The van der Waals surface area contributed by atoms with Crippen molar-refractivity contribution in [1.29, 1.82) is 0 Å². The highest BCUT2D eigenvalue weighted by atomic mass is 16.5. The summed E-state index contributed by atoms with van der Waals surface area (Å²) in [7, 11) is 0. The first-order valence-electron chi connectivity index (χ1n) is 6.86. The molecule has 19 heavy (non-hydrogen) atoms. The molecule has 0 amide bonds. The normalized spacial score (nSPS) is 28.6. The molecule has 1 fully saturated rings. The molecule has 0 bridgehead atoms. The monoisotopic (exact) mass is 254 g/mol. The lowest BCUT2D eigenvalue weighted by molar-refractivity contribution is 0.0662. The third-order valence-corrected chi connectivity index (χ3v) is 4.45. The predicted molar refractivity (Wildman–Crippen MR) is 69.0 cm³/mol. The van der Waals surface area contributed by atoms with Crippen LogP contribution in [0, 0.1) is 5.92 Å². The highest BCUT2D eigenvalue weighted by molar-refractivity contribution is 6.26. The van der Waals surface area contributed by atoms with Gasteiger partial charge in [-0.3, -0.25) is 9.59 Å². The summed E-state index contributed by atoms with van der Waals surface area (Å²) in [5, 5.41) is 0. The van der Waals surface area contributed by atoms with Crippen molar-refractivity contribution in [3.05, 3.63) is 46.7 Å². The number of benzene rings is 1. The molecular weight excluding hydrogens is 240 g/mol. The molecule has 3 nitrogen and oxygen atoms in total. The van der Waals surface area contributed by atoms with E-state index < -0.39 is 0 Å². The summed E-state index contributed by atoms with van der Waals surface area (Å²) in [5.41, 5.74) is 1.68.